The zero-order valence-electron chi connectivity index (χ0n) is 18.5. The third-order valence-corrected chi connectivity index (χ3v) is 5.31. The second-order valence-electron chi connectivity index (χ2n) is 7.37. The third-order valence-electron chi connectivity index (χ3n) is 5.31. The largest absolute Gasteiger partial charge is 1.00 e. The average Bonchev–Trinajstić information content (AvgIpc) is 2.80. The number of amides is 1. The van der Waals surface area contributed by atoms with Crippen LogP contribution in [-0.4, -0.2) is 35.1 Å². The van der Waals surface area contributed by atoms with E-state index in [1.807, 2.05) is 36.4 Å². The number of aromatic carboxylic acids is 1. The Morgan fingerprint density at radius 3 is 2.39 bits per heavy atom. The van der Waals surface area contributed by atoms with Crippen molar-refractivity contribution in [3.05, 3.63) is 78.1 Å². The number of pyridine rings is 1. The molecule has 0 spiro atoms. The monoisotopic (exact) mass is 425 g/mol. The number of rotatable bonds is 5. The van der Waals surface area contributed by atoms with E-state index in [0.29, 0.717) is 11.3 Å². The molecule has 1 saturated heterocycles. The summed E-state index contributed by atoms with van der Waals surface area (Å²) in [6.07, 6.45) is 6.61. The fourth-order valence-corrected chi connectivity index (χ4v) is 3.72. The van der Waals surface area contributed by atoms with Crippen LogP contribution in [0.1, 0.15) is 41.4 Å². The van der Waals surface area contributed by atoms with E-state index in [0.717, 1.165) is 42.7 Å². The van der Waals surface area contributed by atoms with Gasteiger partial charge in [-0.2, -0.15) is 0 Å². The Kier molecular flexibility index (Phi) is 7.85. The average molecular weight is 425 g/mol. The molecule has 1 fully saturated rings. The van der Waals surface area contributed by atoms with Crippen LogP contribution in [0.4, 0.5) is 11.4 Å². The summed E-state index contributed by atoms with van der Waals surface area (Å²) in [4.78, 5) is 31.0. The first-order chi connectivity index (χ1) is 14.6. The number of carbonyl (C=O) groups is 2. The van der Waals surface area contributed by atoms with Gasteiger partial charge in [0.1, 0.15) is 0 Å². The molecule has 0 bridgehead atoms. The van der Waals surface area contributed by atoms with E-state index in [1.54, 1.807) is 24.4 Å². The molecule has 1 aliphatic heterocycles. The first-order valence-corrected chi connectivity index (χ1v) is 10.1. The van der Waals surface area contributed by atoms with Gasteiger partial charge < -0.3 is 16.7 Å². The summed E-state index contributed by atoms with van der Waals surface area (Å²) < 4.78 is 0. The van der Waals surface area contributed by atoms with Gasteiger partial charge in [0.25, 0.3) is 5.91 Å². The van der Waals surface area contributed by atoms with Crippen LogP contribution in [0.2, 0.25) is 0 Å². The standard InChI is InChI=1S/C24H23N3O3.Na.H/c28-23(19-13-18(15-25-16-19)17-7-3-1-4-8-17)26-22-14-20(9-10-21(22)24(29)30)27-11-5-2-6-12-27;;/h1,3-4,7-10,13-16H,2,5-6,11-12H2,(H,26,28)(H,29,30);;/q;+1;-1. The van der Waals surface area contributed by atoms with Crippen LogP contribution < -0.4 is 39.8 Å². The number of piperidine rings is 1. The molecule has 0 saturated carbocycles. The number of nitrogens with one attached hydrogen (secondary N) is 1. The van der Waals surface area contributed by atoms with Crippen molar-refractivity contribution >= 4 is 23.3 Å². The second kappa shape index (κ2) is 10.6. The van der Waals surface area contributed by atoms with Crippen molar-refractivity contribution in [2.45, 2.75) is 19.3 Å². The Balaban J connectivity index is 0.00000181. The Labute approximate surface area is 205 Å². The van der Waals surface area contributed by atoms with E-state index in [2.05, 4.69) is 15.2 Å². The van der Waals surface area contributed by atoms with Gasteiger partial charge in [-0.1, -0.05) is 30.3 Å². The quantitative estimate of drug-likeness (QED) is 0.610. The topological polar surface area (TPSA) is 82.5 Å². The number of nitrogens with zero attached hydrogens (tertiary/aromatic N) is 2. The first kappa shape index (κ1) is 23.0. The van der Waals surface area contributed by atoms with Gasteiger partial charge >= 0.3 is 35.5 Å². The molecule has 7 heteroatoms. The maximum Gasteiger partial charge on any atom is 1.00 e. The van der Waals surface area contributed by atoms with Crippen molar-refractivity contribution in [3.63, 3.8) is 0 Å². The van der Waals surface area contributed by atoms with Crippen LogP contribution in [0, 0.1) is 0 Å². The summed E-state index contributed by atoms with van der Waals surface area (Å²) in [5, 5.41) is 12.3. The molecule has 1 amide bonds. The van der Waals surface area contributed by atoms with Crippen molar-refractivity contribution in [1.29, 1.82) is 0 Å². The normalized spacial score (nSPS) is 13.2. The summed E-state index contributed by atoms with van der Waals surface area (Å²) >= 11 is 0. The molecule has 0 atom stereocenters. The van der Waals surface area contributed by atoms with Gasteiger partial charge in [-0.3, -0.25) is 9.78 Å². The van der Waals surface area contributed by atoms with E-state index in [-0.39, 0.29) is 36.5 Å². The van der Waals surface area contributed by atoms with Gasteiger partial charge in [0, 0.05) is 36.7 Å². The van der Waals surface area contributed by atoms with E-state index < -0.39 is 11.9 Å². The van der Waals surface area contributed by atoms with Crippen LogP contribution in [0.15, 0.2) is 67.0 Å². The molecule has 1 aliphatic rings. The van der Waals surface area contributed by atoms with Crippen LogP contribution in [-0.2, 0) is 0 Å². The van der Waals surface area contributed by atoms with Crippen LogP contribution in [0.5, 0.6) is 0 Å². The molecule has 0 unspecified atom stereocenters. The first-order valence-electron chi connectivity index (χ1n) is 10.1. The van der Waals surface area contributed by atoms with Gasteiger partial charge in [0.05, 0.1) is 16.8 Å². The molecule has 2 aromatic carbocycles. The predicted molar refractivity (Wildman–Crippen MR) is 118 cm³/mol. The number of hydrogen-bond acceptors (Lipinski definition) is 4. The smallest absolute Gasteiger partial charge is 1.00 e. The Hall–Kier alpha value is -2.67. The fraction of sp³-hybridized carbons (Fsp3) is 0.208. The molecule has 2 heterocycles. The summed E-state index contributed by atoms with van der Waals surface area (Å²) in [6, 6.07) is 16.5. The molecule has 0 radical (unpaired) electrons. The maximum absolute atomic E-state index is 12.9. The van der Waals surface area contributed by atoms with Crippen molar-refractivity contribution in [2.24, 2.45) is 0 Å². The van der Waals surface area contributed by atoms with Crippen molar-refractivity contribution < 1.29 is 45.7 Å². The van der Waals surface area contributed by atoms with Crippen molar-refractivity contribution in [3.8, 4) is 11.1 Å². The Bertz CT molecular complexity index is 1070. The summed E-state index contributed by atoms with van der Waals surface area (Å²) in [5.41, 5.74) is 3.43. The number of hydrogen-bond donors (Lipinski definition) is 2. The predicted octanol–water partition coefficient (Wildman–Crippen LogP) is 1.81. The van der Waals surface area contributed by atoms with E-state index in [4.69, 9.17) is 0 Å². The number of anilines is 2. The van der Waals surface area contributed by atoms with Crippen LogP contribution in [0.25, 0.3) is 11.1 Å². The molecule has 3 aromatic rings. The number of carboxylic acids is 1. The summed E-state index contributed by atoms with van der Waals surface area (Å²) in [5.74, 6) is -1.47. The van der Waals surface area contributed by atoms with Crippen LogP contribution >= 0.6 is 0 Å². The van der Waals surface area contributed by atoms with Gasteiger partial charge in [-0.15, -0.1) is 0 Å². The minimum absolute atomic E-state index is 0. The molecule has 4 rings (SSSR count). The molecule has 154 valence electrons. The SMILES string of the molecule is O=C(Nc1cc(N2CCCCC2)ccc1C(=O)O)c1cncc(-c2ccccc2)c1.[H-].[Na+]. The molecule has 31 heavy (non-hydrogen) atoms. The Morgan fingerprint density at radius 2 is 1.68 bits per heavy atom. The van der Waals surface area contributed by atoms with Gasteiger partial charge in [-0.25, -0.2) is 4.79 Å². The second-order valence-corrected chi connectivity index (χ2v) is 7.37. The van der Waals surface area contributed by atoms with Crippen LogP contribution in [0.3, 0.4) is 0 Å². The third kappa shape index (κ3) is 5.53. The van der Waals surface area contributed by atoms with Crippen molar-refractivity contribution in [1.82, 2.24) is 4.98 Å². The Morgan fingerprint density at radius 1 is 0.935 bits per heavy atom. The molecular weight excluding hydrogens is 401 g/mol. The number of aromatic nitrogens is 1. The molecule has 2 N–H and O–H groups in total. The number of carboxylic acid groups (broad SMARTS) is 1. The minimum atomic E-state index is -1.08. The molecule has 6 nitrogen and oxygen atoms in total. The van der Waals surface area contributed by atoms with E-state index in [9.17, 15) is 14.7 Å². The van der Waals surface area contributed by atoms with Gasteiger partial charge in [-0.05, 0) is 49.1 Å². The molecular formula is C24H24N3NaO3. The minimum Gasteiger partial charge on any atom is -1.00 e. The van der Waals surface area contributed by atoms with Crippen molar-refractivity contribution in [2.75, 3.05) is 23.3 Å². The maximum atomic E-state index is 12.9. The summed E-state index contributed by atoms with van der Waals surface area (Å²) in [6.45, 7) is 1.87. The van der Waals surface area contributed by atoms with Gasteiger partial charge in [0.15, 0.2) is 0 Å². The molecule has 1 aromatic heterocycles. The van der Waals surface area contributed by atoms with E-state index >= 15 is 0 Å². The molecule has 0 aliphatic carbocycles. The zero-order valence-corrected chi connectivity index (χ0v) is 19.5. The zero-order chi connectivity index (χ0) is 20.9. The number of carbonyl (C=O) groups excluding carboxylic acids is 1. The van der Waals surface area contributed by atoms with E-state index in [1.165, 1.54) is 12.6 Å². The fourth-order valence-electron chi connectivity index (χ4n) is 3.72. The number of benzene rings is 2. The van der Waals surface area contributed by atoms with Gasteiger partial charge in [0.2, 0.25) is 0 Å². The summed E-state index contributed by atoms with van der Waals surface area (Å²) in [7, 11) is 0.